The van der Waals surface area contributed by atoms with Gasteiger partial charge in [-0.25, -0.2) is 14.4 Å². The summed E-state index contributed by atoms with van der Waals surface area (Å²) in [6.07, 6.45) is 5.90. The van der Waals surface area contributed by atoms with Gasteiger partial charge in [0.1, 0.15) is 5.69 Å². The van der Waals surface area contributed by atoms with Crippen LogP contribution in [0.25, 0.3) is 6.08 Å². The molecule has 0 aliphatic carbocycles. The molecular weight excluding hydrogens is 219 g/mol. The van der Waals surface area contributed by atoms with Crippen molar-refractivity contribution in [1.82, 2.24) is 9.97 Å². The highest BCUT2D eigenvalue weighted by Crippen LogP contribution is 2.08. The van der Waals surface area contributed by atoms with Crippen LogP contribution in [0.5, 0.6) is 0 Å². The standard InChI is InChI=1S/C10H12ClFN2O/c1-2-3-5-15-6-4-9-8(12)7-13-10(11)14-9/h4,6-7H,2-3,5H2,1H3/b6-4+. The fraction of sp³-hybridized carbons (Fsp3) is 0.400. The lowest BCUT2D eigenvalue weighted by atomic mass is 10.4. The molecule has 82 valence electrons. The molecule has 0 aromatic carbocycles. The molecule has 0 saturated carbocycles. The van der Waals surface area contributed by atoms with Crippen molar-refractivity contribution in [3.63, 3.8) is 0 Å². The average molecular weight is 231 g/mol. The van der Waals surface area contributed by atoms with E-state index >= 15 is 0 Å². The van der Waals surface area contributed by atoms with E-state index in [0.717, 1.165) is 19.0 Å². The molecule has 0 atom stereocenters. The fourth-order valence-electron chi connectivity index (χ4n) is 0.883. The van der Waals surface area contributed by atoms with E-state index in [0.29, 0.717) is 6.61 Å². The van der Waals surface area contributed by atoms with Crippen LogP contribution in [0.2, 0.25) is 5.28 Å². The molecule has 0 unspecified atom stereocenters. The quantitative estimate of drug-likeness (QED) is 0.443. The Labute approximate surface area is 93.0 Å². The first-order chi connectivity index (χ1) is 7.24. The Hall–Kier alpha value is -1.16. The topological polar surface area (TPSA) is 35.0 Å². The van der Waals surface area contributed by atoms with Crippen LogP contribution in [0.15, 0.2) is 12.5 Å². The SMILES string of the molecule is CCCCO/C=C/c1nc(Cl)ncc1F. The maximum atomic E-state index is 13.1. The predicted molar refractivity (Wildman–Crippen MR) is 56.9 cm³/mol. The van der Waals surface area contributed by atoms with Crippen molar-refractivity contribution in [1.29, 1.82) is 0 Å². The summed E-state index contributed by atoms with van der Waals surface area (Å²) in [5.41, 5.74) is 0.131. The highest BCUT2D eigenvalue weighted by Gasteiger charge is 2.01. The van der Waals surface area contributed by atoms with Gasteiger partial charge in [0.2, 0.25) is 5.28 Å². The highest BCUT2D eigenvalue weighted by molar-refractivity contribution is 6.28. The summed E-state index contributed by atoms with van der Waals surface area (Å²) in [4.78, 5) is 7.20. The average Bonchev–Trinajstić information content (AvgIpc) is 2.23. The summed E-state index contributed by atoms with van der Waals surface area (Å²) in [6.45, 7) is 2.68. The van der Waals surface area contributed by atoms with Gasteiger partial charge in [-0.15, -0.1) is 0 Å². The Bertz CT molecular complexity index is 344. The van der Waals surface area contributed by atoms with Gasteiger partial charge in [-0.1, -0.05) is 13.3 Å². The minimum Gasteiger partial charge on any atom is -0.501 e. The first-order valence-corrected chi connectivity index (χ1v) is 5.08. The Morgan fingerprint density at radius 3 is 3.13 bits per heavy atom. The lowest BCUT2D eigenvalue weighted by Gasteiger charge is -1.98. The molecule has 0 aliphatic heterocycles. The van der Waals surface area contributed by atoms with Crippen molar-refractivity contribution in [2.75, 3.05) is 6.61 Å². The molecule has 5 heteroatoms. The van der Waals surface area contributed by atoms with E-state index < -0.39 is 5.82 Å². The second-order valence-electron chi connectivity index (χ2n) is 2.90. The van der Waals surface area contributed by atoms with Crippen LogP contribution in [-0.4, -0.2) is 16.6 Å². The monoisotopic (exact) mass is 230 g/mol. The molecule has 3 nitrogen and oxygen atoms in total. The number of hydrogen-bond acceptors (Lipinski definition) is 3. The van der Waals surface area contributed by atoms with E-state index in [1.165, 1.54) is 12.3 Å². The Kier molecular flexibility index (Phi) is 5.04. The first-order valence-electron chi connectivity index (χ1n) is 4.70. The van der Waals surface area contributed by atoms with Crippen molar-refractivity contribution in [2.24, 2.45) is 0 Å². The molecule has 1 aromatic rings. The number of ether oxygens (including phenoxy) is 1. The Balaban J connectivity index is 2.52. The molecule has 0 fully saturated rings. The van der Waals surface area contributed by atoms with Crippen molar-refractivity contribution in [3.05, 3.63) is 29.3 Å². The van der Waals surface area contributed by atoms with Crippen molar-refractivity contribution in [2.45, 2.75) is 19.8 Å². The molecule has 0 amide bonds. The van der Waals surface area contributed by atoms with E-state index in [1.54, 1.807) is 0 Å². The van der Waals surface area contributed by atoms with Gasteiger partial charge in [0.15, 0.2) is 5.82 Å². The van der Waals surface area contributed by atoms with Crippen molar-refractivity contribution >= 4 is 17.7 Å². The normalized spacial score (nSPS) is 10.9. The van der Waals surface area contributed by atoms with E-state index in [-0.39, 0.29) is 11.0 Å². The van der Waals surface area contributed by atoms with Gasteiger partial charge in [0.25, 0.3) is 0 Å². The number of nitrogens with zero attached hydrogens (tertiary/aromatic N) is 2. The number of unbranched alkanes of at least 4 members (excludes halogenated alkanes) is 1. The predicted octanol–water partition coefficient (Wildman–Crippen LogP) is 3.06. The van der Waals surface area contributed by atoms with Gasteiger partial charge in [-0.3, -0.25) is 0 Å². The number of aromatic nitrogens is 2. The zero-order valence-corrected chi connectivity index (χ0v) is 9.17. The third kappa shape index (κ3) is 4.25. The summed E-state index contributed by atoms with van der Waals surface area (Å²) in [7, 11) is 0. The Morgan fingerprint density at radius 2 is 2.40 bits per heavy atom. The van der Waals surface area contributed by atoms with Crippen LogP contribution in [0.4, 0.5) is 4.39 Å². The molecule has 1 aromatic heterocycles. The van der Waals surface area contributed by atoms with Crippen LogP contribution in [-0.2, 0) is 4.74 Å². The fourth-order valence-corrected chi connectivity index (χ4v) is 1.02. The lowest BCUT2D eigenvalue weighted by Crippen LogP contribution is -1.92. The summed E-state index contributed by atoms with van der Waals surface area (Å²) in [5, 5.41) is 0.0182. The summed E-state index contributed by atoms with van der Waals surface area (Å²) < 4.78 is 18.2. The van der Waals surface area contributed by atoms with Crippen LogP contribution < -0.4 is 0 Å². The van der Waals surface area contributed by atoms with Crippen molar-refractivity contribution in [3.8, 4) is 0 Å². The van der Waals surface area contributed by atoms with Gasteiger partial charge in [0, 0.05) is 6.08 Å². The summed E-state index contributed by atoms with van der Waals surface area (Å²) in [5.74, 6) is -0.519. The lowest BCUT2D eigenvalue weighted by molar-refractivity contribution is 0.246. The zero-order chi connectivity index (χ0) is 11.1. The Morgan fingerprint density at radius 1 is 1.60 bits per heavy atom. The molecule has 0 aliphatic rings. The molecule has 0 N–H and O–H groups in total. The van der Waals surface area contributed by atoms with Gasteiger partial charge in [0.05, 0.1) is 19.1 Å². The van der Waals surface area contributed by atoms with E-state index in [9.17, 15) is 4.39 Å². The zero-order valence-electron chi connectivity index (χ0n) is 8.41. The van der Waals surface area contributed by atoms with Crippen LogP contribution in [0.3, 0.4) is 0 Å². The van der Waals surface area contributed by atoms with E-state index in [2.05, 4.69) is 16.9 Å². The van der Waals surface area contributed by atoms with Crippen molar-refractivity contribution < 1.29 is 9.13 Å². The molecule has 0 saturated heterocycles. The molecule has 0 spiro atoms. The second kappa shape index (κ2) is 6.35. The molecule has 0 bridgehead atoms. The smallest absolute Gasteiger partial charge is 0.223 e. The largest absolute Gasteiger partial charge is 0.501 e. The van der Waals surface area contributed by atoms with Gasteiger partial charge < -0.3 is 4.74 Å². The second-order valence-corrected chi connectivity index (χ2v) is 3.24. The summed E-state index contributed by atoms with van der Waals surface area (Å²) in [6, 6.07) is 0. The maximum absolute atomic E-state index is 13.1. The van der Waals surface area contributed by atoms with Gasteiger partial charge in [-0.05, 0) is 18.0 Å². The third-order valence-electron chi connectivity index (χ3n) is 1.68. The minimum absolute atomic E-state index is 0.0182. The molecule has 1 rings (SSSR count). The molecule has 0 radical (unpaired) electrons. The van der Waals surface area contributed by atoms with Crippen LogP contribution in [0.1, 0.15) is 25.5 Å². The van der Waals surface area contributed by atoms with Gasteiger partial charge >= 0.3 is 0 Å². The molecular formula is C10H12ClFN2O. The highest BCUT2D eigenvalue weighted by atomic mass is 35.5. The van der Waals surface area contributed by atoms with Crippen LogP contribution >= 0.6 is 11.6 Å². The summed E-state index contributed by atoms with van der Waals surface area (Å²) >= 11 is 5.52. The molecule has 15 heavy (non-hydrogen) atoms. The number of rotatable bonds is 5. The minimum atomic E-state index is -0.519. The van der Waals surface area contributed by atoms with E-state index in [4.69, 9.17) is 16.3 Å². The number of halogens is 2. The van der Waals surface area contributed by atoms with E-state index in [1.807, 2.05) is 0 Å². The first kappa shape index (κ1) is 11.9. The van der Waals surface area contributed by atoms with Gasteiger partial charge in [-0.2, -0.15) is 0 Å². The maximum Gasteiger partial charge on any atom is 0.223 e. The van der Waals surface area contributed by atoms with Crippen LogP contribution in [0, 0.1) is 5.82 Å². The molecule has 1 heterocycles. The third-order valence-corrected chi connectivity index (χ3v) is 1.86. The number of hydrogen-bond donors (Lipinski definition) is 0.